The Morgan fingerprint density at radius 1 is 1.29 bits per heavy atom. The molecule has 1 N–H and O–H groups in total. The second-order valence-electron chi connectivity index (χ2n) is 5.05. The van der Waals surface area contributed by atoms with Crippen LogP contribution in [0, 0.1) is 6.92 Å². The molecule has 2 rings (SSSR count). The average Bonchev–Trinajstić information content (AvgIpc) is 2.48. The van der Waals surface area contributed by atoms with Crippen LogP contribution < -0.4 is 15.0 Å². The summed E-state index contributed by atoms with van der Waals surface area (Å²) in [6.45, 7) is 2.65. The molecular weight excluding hydrogens is 286 g/mol. The van der Waals surface area contributed by atoms with Gasteiger partial charge in [-0.25, -0.2) is 4.98 Å². The van der Waals surface area contributed by atoms with Crippen molar-refractivity contribution in [1.82, 2.24) is 4.98 Å². The maximum atomic E-state index is 6.16. The van der Waals surface area contributed by atoms with Crippen molar-refractivity contribution < 1.29 is 4.74 Å². The summed E-state index contributed by atoms with van der Waals surface area (Å²) < 4.78 is 5.34. The minimum atomic E-state index is 0.583. The monoisotopic (exact) mass is 305 g/mol. The fourth-order valence-electron chi connectivity index (χ4n) is 2.06. The number of nitrogens with zero attached hydrogens (tertiary/aromatic N) is 2. The summed E-state index contributed by atoms with van der Waals surface area (Å²) in [5, 5.41) is 4.17. The molecule has 0 unspecified atom stereocenters. The van der Waals surface area contributed by atoms with Crippen LogP contribution in [-0.2, 0) is 6.54 Å². The van der Waals surface area contributed by atoms with Crippen molar-refractivity contribution in [1.29, 1.82) is 0 Å². The molecule has 1 aromatic carbocycles. The van der Waals surface area contributed by atoms with Gasteiger partial charge in [-0.15, -0.1) is 0 Å². The number of anilines is 2. The lowest BCUT2D eigenvalue weighted by molar-refractivity contribution is 0.400. The van der Waals surface area contributed by atoms with E-state index in [9.17, 15) is 0 Å². The number of halogens is 1. The van der Waals surface area contributed by atoms with Crippen LogP contribution in [0.5, 0.6) is 5.88 Å². The lowest BCUT2D eigenvalue weighted by Gasteiger charge is -2.20. The number of nitrogens with one attached hydrogen (secondary N) is 1. The van der Waals surface area contributed by atoms with Crippen molar-refractivity contribution >= 4 is 23.0 Å². The standard InChI is InChI=1S/C16H20ClN3O/c1-11-5-6-12(9-13(11)17)10-19-15-14(20(2)3)7-8-18-16(15)21-4/h5-9,19H,10H2,1-4H3. The summed E-state index contributed by atoms with van der Waals surface area (Å²) in [5.74, 6) is 0.583. The van der Waals surface area contributed by atoms with Crippen LogP contribution in [0.1, 0.15) is 11.1 Å². The van der Waals surface area contributed by atoms with E-state index in [1.54, 1.807) is 13.3 Å². The Morgan fingerprint density at radius 2 is 2.05 bits per heavy atom. The minimum absolute atomic E-state index is 0.583. The highest BCUT2D eigenvalue weighted by Gasteiger charge is 2.12. The van der Waals surface area contributed by atoms with Crippen molar-refractivity contribution in [3.8, 4) is 5.88 Å². The molecule has 4 nitrogen and oxygen atoms in total. The average molecular weight is 306 g/mol. The highest BCUT2D eigenvalue weighted by Crippen LogP contribution is 2.32. The largest absolute Gasteiger partial charge is 0.479 e. The third kappa shape index (κ3) is 3.58. The molecule has 2 aromatic rings. The first kappa shape index (κ1) is 15.4. The molecule has 0 aliphatic heterocycles. The highest BCUT2D eigenvalue weighted by atomic mass is 35.5. The predicted molar refractivity (Wildman–Crippen MR) is 88.6 cm³/mol. The van der Waals surface area contributed by atoms with E-state index >= 15 is 0 Å². The van der Waals surface area contributed by atoms with E-state index in [0.717, 1.165) is 27.5 Å². The number of methoxy groups -OCH3 is 1. The van der Waals surface area contributed by atoms with E-state index in [4.69, 9.17) is 16.3 Å². The fourth-order valence-corrected chi connectivity index (χ4v) is 2.27. The second kappa shape index (κ2) is 6.68. The Kier molecular flexibility index (Phi) is 4.91. The molecule has 1 heterocycles. The third-order valence-electron chi connectivity index (χ3n) is 3.27. The van der Waals surface area contributed by atoms with Crippen molar-refractivity contribution in [2.75, 3.05) is 31.4 Å². The van der Waals surface area contributed by atoms with E-state index in [0.29, 0.717) is 12.4 Å². The normalized spacial score (nSPS) is 10.3. The first-order chi connectivity index (χ1) is 10.0. The van der Waals surface area contributed by atoms with Gasteiger partial charge in [0, 0.05) is 31.9 Å². The van der Waals surface area contributed by atoms with Gasteiger partial charge in [-0.2, -0.15) is 0 Å². The molecule has 0 aliphatic rings. The minimum Gasteiger partial charge on any atom is -0.479 e. The molecule has 0 saturated carbocycles. The van der Waals surface area contributed by atoms with E-state index in [2.05, 4.69) is 16.4 Å². The summed E-state index contributed by atoms with van der Waals surface area (Å²) in [4.78, 5) is 6.27. The van der Waals surface area contributed by atoms with Crippen molar-refractivity contribution in [2.24, 2.45) is 0 Å². The summed E-state index contributed by atoms with van der Waals surface area (Å²) in [6, 6.07) is 8.01. The molecule has 5 heteroatoms. The number of benzene rings is 1. The van der Waals surface area contributed by atoms with Crippen LogP contribution >= 0.6 is 11.6 Å². The van der Waals surface area contributed by atoms with E-state index in [1.807, 2.05) is 44.1 Å². The van der Waals surface area contributed by atoms with E-state index in [-0.39, 0.29) is 0 Å². The van der Waals surface area contributed by atoms with Gasteiger partial charge in [0.1, 0.15) is 5.69 Å². The quantitative estimate of drug-likeness (QED) is 0.913. The Balaban J connectivity index is 2.24. The molecule has 0 radical (unpaired) electrons. The molecule has 0 bridgehead atoms. The van der Waals surface area contributed by atoms with Crippen LogP contribution in [0.2, 0.25) is 5.02 Å². The lowest BCUT2D eigenvalue weighted by atomic mass is 10.1. The Morgan fingerprint density at radius 3 is 2.67 bits per heavy atom. The molecule has 0 fully saturated rings. The molecular formula is C16H20ClN3O. The molecule has 0 atom stereocenters. The van der Waals surface area contributed by atoms with Gasteiger partial charge in [-0.3, -0.25) is 0 Å². The fraction of sp³-hybridized carbons (Fsp3) is 0.312. The van der Waals surface area contributed by atoms with Crippen LogP contribution in [0.3, 0.4) is 0 Å². The summed E-state index contributed by atoms with van der Waals surface area (Å²) in [5.41, 5.74) is 4.09. The number of hydrogen-bond donors (Lipinski definition) is 1. The summed E-state index contributed by atoms with van der Waals surface area (Å²) in [6.07, 6.45) is 1.74. The van der Waals surface area contributed by atoms with Crippen LogP contribution in [0.25, 0.3) is 0 Å². The van der Waals surface area contributed by atoms with Crippen molar-refractivity contribution in [3.05, 3.63) is 46.6 Å². The zero-order valence-electron chi connectivity index (χ0n) is 12.8. The van der Waals surface area contributed by atoms with E-state index < -0.39 is 0 Å². The van der Waals surface area contributed by atoms with Gasteiger partial charge in [0.15, 0.2) is 0 Å². The van der Waals surface area contributed by atoms with Gasteiger partial charge in [0.05, 0.1) is 12.8 Å². The molecule has 0 amide bonds. The number of aryl methyl sites for hydroxylation is 1. The topological polar surface area (TPSA) is 37.4 Å². The van der Waals surface area contributed by atoms with Gasteiger partial charge in [-0.1, -0.05) is 23.7 Å². The van der Waals surface area contributed by atoms with Gasteiger partial charge in [-0.05, 0) is 30.2 Å². The van der Waals surface area contributed by atoms with Gasteiger partial charge < -0.3 is 15.0 Å². The van der Waals surface area contributed by atoms with Gasteiger partial charge in [0.2, 0.25) is 5.88 Å². The first-order valence-electron chi connectivity index (χ1n) is 6.72. The molecule has 0 saturated heterocycles. The SMILES string of the molecule is COc1nccc(N(C)C)c1NCc1ccc(C)c(Cl)c1. The molecule has 1 aromatic heterocycles. The van der Waals surface area contributed by atoms with Crippen LogP contribution in [0.15, 0.2) is 30.5 Å². The predicted octanol–water partition coefficient (Wildman–Crippen LogP) is 3.73. The first-order valence-corrected chi connectivity index (χ1v) is 7.10. The van der Waals surface area contributed by atoms with Gasteiger partial charge in [0.25, 0.3) is 0 Å². The zero-order chi connectivity index (χ0) is 15.4. The number of aromatic nitrogens is 1. The number of rotatable bonds is 5. The van der Waals surface area contributed by atoms with Gasteiger partial charge >= 0.3 is 0 Å². The summed E-state index contributed by atoms with van der Waals surface area (Å²) >= 11 is 6.16. The molecule has 0 aliphatic carbocycles. The van der Waals surface area contributed by atoms with E-state index in [1.165, 1.54) is 0 Å². The number of ether oxygens (including phenoxy) is 1. The highest BCUT2D eigenvalue weighted by molar-refractivity contribution is 6.31. The maximum absolute atomic E-state index is 6.16. The van der Waals surface area contributed by atoms with Crippen LogP contribution in [0.4, 0.5) is 11.4 Å². The molecule has 0 spiro atoms. The maximum Gasteiger partial charge on any atom is 0.239 e. The second-order valence-corrected chi connectivity index (χ2v) is 5.45. The lowest BCUT2D eigenvalue weighted by Crippen LogP contribution is -2.13. The molecule has 21 heavy (non-hydrogen) atoms. The van der Waals surface area contributed by atoms with Crippen LogP contribution in [-0.4, -0.2) is 26.2 Å². The summed E-state index contributed by atoms with van der Waals surface area (Å²) in [7, 11) is 5.60. The Labute approximate surface area is 130 Å². The third-order valence-corrected chi connectivity index (χ3v) is 3.68. The number of hydrogen-bond acceptors (Lipinski definition) is 4. The Bertz CT molecular complexity index is 629. The number of pyridine rings is 1. The Hall–Kier alpha value is -1.94. The van der Waals surface area contributed by atoms with Crippen molar-refractivity contribution in [3.63, 3.8) is 0 Å². The smallest absolute Gasteiger partial charge is 0.239 e. The molecule has 112 valence electrons. The van der Waals surface area contributed by atoms with Crippen molar-refractivity contribution in [2.45, 2.75) is 13.5 Å². The zero-order valence-corrected chi connectivity index (χ0v) is 13.5.